The first-order valence-corrected chi connectivity index (χ1v) is 10.3. The first-order valence-electron chi connectivity index (χ1n) is 9.91. The van der Waals surface area contributed by atoms with Gasteiger partial charge in [0.05, 0.1) is 18.5 Å². The average Bonchev–Trinajstić information content (AvgIpc) is 2.70. The number of ether oxygens (including phenoxy) is 1. The molecule has 28 heavy (non-hydrogen) atoms. The van der Waals surface area contributed by atoms with Crippen LogP contribution in [0.1, 0.15) is 37.8 Å². The van der Waals surface area contributed by atoms with Crippen LogP contribution in [-0.4, -0.2) is 31.0 Å². The molecular formula is C22H28N4OS. The van der Waals surface area contributed by atoms with Gasteiger partial charge in [0.2, 0.25) is 0 Å². The van der Waals surface area contributed by atoms with Crippen LogP contribution in [0, 0.1) is 0 Å². The highest BCUT2D eigenvalue weighted by atomic mass is 32.1. The Morgan fingerprint density at radius 1 is 1.25 bits per heavy atom. The molecule has 0 spiro atoms. The quantitative estimate of drug-likeness (QED) is 0.408. The van der Waals surface area contributed by atoms with E-state index >= 15 is 0 Å². The van der Waals surface area contributed by atoms with Crippen molar-refractivity contribution >= 4 is 34.9 Å². The van der Waals surface area contributed by atoms with Gasteiger partial charge >= 0.3 is 0 Å². The van der Waals surface area contributed by atoms with Crippen LogP contribution in [0.15, 0.2) is 47.6 Å². The third-order valence-corrected chi connectivity index (χ3v) is 4.82. The lowest BCUT2D eigenvalue weighted by molar-refractivity contribution is 0.342. The van der Waals surface area contributed by atoms with E-state index in [1.54, 1.807) is 0 Å². The Balaban J connectivity index is 1.60. The van der Waals surface area contributed by atoms with Gasteiger partial charge in [0, 0.05) is 18.8 Å². The fraction of sp³-hybridized carbons (Fsp3) is 0.364. The monoisotopic (exact) mass is 396 g/mol. The third-order valence-electron chi connectivity index (χ3n) is 4.63. The number of hydrogen-bond donors (Lipinski definition) is 2. The maximum absolute atomic E-state index is 5.60. The first-order chi connectivity index (χ1) is 13.7. The molecule has 0 amide bonds. The second-order valence-corrected chi connectivity index (χ2v) is 7.14. The molecule has 0 saturated heterocycles. The lowest BCUT2D eigenvalue weighted by Gasteiger charge is -2.31. The number of para-hydroxylation sites is 2. The number of hydrogen-bond acceptors (Lipinski definition) is 4. The average molecular weight is 397 g/mol. The zero-order valence-corrected chi connectivity index (χ0v) is 17.4. The number of benzene rings is 2. The Hall–Kier alpha value is -2.60. The van der Waals surface area contributed by atoms with Crippen molar-refractivity contribution in [2.24, 2.45) is 5.10 Å². The second kappa shape index (κ2) is 10.1. The predicted octanol–water partition coefficient (Wildman–Crippen LogP) is 4.57. The van der Waals surface area contributed by atoms with E-state index in [0.29, 0.717) is 11.7 Å². The van der Waals surface area contributed by atoms with Crippen LogP contribution in [-0.2, 0) is 6.42 Å². The Morgan fingerprint density at radius 3 is 2.93 bits per heavy atom. The number of fused-ring (bicyclic) bond motifs is 1. The highest BCUT2D eigenvalue weighted by Crippen LogP contribution is 2.28. The number of nitrogens with zero attached hydrogens (tertiary/aromatic N) is 2. The minimum Gasteiger partial charge on any atom is -0.492 e. The summed E-state index contributed by atoms with van der Waals surface area (Å²) in [6.45, 7) is 7.05. The summed E-state index contributed by atoms with van der Waals surface area (Å²) in [5.74, 6) is 0.768. The van der Waals surface area contributed by atoms with Gasteiger partial charge in [-0.05, 0) is 73.8 Å². The molecule has 6 heteroatoms. The van der Waals surface area contributed by atoms with Gasteiger partial charge in [-0.1, -0.05) is 25.1 Å². The number of nitrogens with one attached hydrogen (secondary N) is 2. The minimum absolute atomic E-state index is 0.426. The normalized spacial score (nSPS) is 13.3. The Bertz CT molecular complexity index is 837. The lowest BCUT2D eigenvalue weighted by Crippen LogP contribution is -2.30. The molecule has 1 aliphatic rings. The van der Waals surface area contributed by atoms with E-state index in [0.717, 1.165) is 36.5 Å². The van der Waals surface area contributed by atoms with E-state index in [2.05, 4.69) is 45.9 Å². The van der Waals surface area contributed by atoms with Crippen molar-refractivity contribution in [1.82, 2.24) is 5.43 Å². The van der Waals surface area contributed by atoms with Gasteiger partial charge in [-0.15, -0.1) is 0 Å². The molecular weight excluding hydrogens is 368 g/mol. The third kappa shape index (κ3) is 5.23. The maximum atomic E-state index is 5.60. The van der Waals surface area contributed by atoms with Gasteiger partial charge in [-0.2, -0.15) is 5.10 Å². The molecule has 0 fully saturated rings. The number of thiocarbonyl (C=S) groups is 1. The summed E-state index contributed by atoms with van der Waals surface area (Å²) in [5, 5.41) is 7.84. The minimum atomic E-state index is 0.426. The Kier molecular flexibility index (Phi) is 7.25. The van der Waals surface area contributed by atoms with Gasteiger partial charge in [-0.3, -0.25) is 5.43 Å². The molecule has 1 aliphatic heterocycles. The van der Waals surface area contributed by atoms with Crippen molar-refractivity contribution in [2.45, 2.75) is 33.1 Å². The standard InChI is InChI=1S/C22H28N4OS/c1-3-13-26-14-7-8-18-15-17(11-12-20(18)26)16-23-25-22(28)24-19-9-5-6-10-21(19)27-4-2/h5-6,9-12,15-16H,3-4,7-8,13-14H2,1-2H3,(H2,24,25,28)/b23-16-. The van der Waals surface area contributed by atoms with E-state index < -0.39 is 0 Å². The SMILES string of the molecule is CCCN1CCCc2cc(/C=N\NC(=S)Nc3ccccc3OCC)ccc21. The summed E-state index contributed by atoms with van der Waals surface area (Å²) < 4.78 is 5.60. The molecule has 3 rings (SSSR count). The summed E-state index contributed by atoms with van der Waals surface area (Å²) in [4.78, 5) is 2.48. The topological polar surface area (TPSA) is 48.9 Å². The number of rotatable bonds is 7. The number of hydrazone groups is 1. The highest BCUT2D eigenvalue weighted by Gasteiger charge is 2.15. The molecule has 0 saturated carbocycles. The van der Waals surface area contributed by atoms with Gasteiger partial charge in [0.15, 0.2) is 5.11 Å². The number of anilines is 2. The van der Waals surface area contributed by atoms with E-state index in [1.807, 2.05) is 37.4 Å². The van der Waals surface area contributed by atoms with E-state index in [9.17, 15) is 0 Å². The fourth-order valence-electron chi connectivity index (χ4n) is 3.44. The molecule has 0 aromatic heterocycles. The van der Waals surface area contributed by atoms with Crippen LogP contribution in [0.5, 0.6) is 5.75 Å². The van der Waals surface area contributed by atoms with Crippen LogP contribution in [0.2, 0.25) is 0 Å². The van der Waals surface area contributed by atoms with Crippen LogP contribution < -0.4 is 20.4 Å². The maximum Gasteiger partial charge on any atom is 0.191 e. The summed E-state index contributed by atoms with van der Waals surface area (Å²) in [6, 6.07) is 14.2. The van der Waals surface area contributed by atoms with E-state index in [4.69, 9.17) is 17.0 Å². The van der Waals surface area contributed by atoms with Crippen molar-refractivity contribution in [3.8, 4) is 5.75 Å². The van der Waals surface area contributed by atoms with Gasteiger partial charge in [0.25, 0.3) is 0 Å². The molecule has 148 valence electrons. The summed E-state index contributed by atoms with van der Waals surface area (Å²) in [5.41, 5.74) is 7.54. The van der Waals surface area contributed by atoms with E-state index in [-0.39, 0.29) is 0 Å². The molecule has 2 aromatic carbocycles. The molecule has 0 unspecified atom stereocenters. The molecule has 0 atom stereocenters. The van der Waals surface area contributed by atoms with Crippen molar-refractivity contribution < 1.29 is 4.74 Å². The summed E-state index contributed by atoms with van der Waals surface area (Å²) >= 11 is 5.34. The predicted molar refractivity (Wildman–Crippen MR) is 122 cm³/mol. The molecule has 0 aliphatic carbocycles. The van der Waals surface area contributed by atoms with Gasteiger partial charge in [-0.25, -0.2) is 0 Å². The summed E-state index contributed by atoms with van der Waals surface area (Å²) in [6.07, 6.45) is 5.31. The molecule has 1 heterocycles. The fourth-order valence-corrected chi connectivity index (χ4v) is 3.61. The van der Waals surface area contributed by atoms with Crippen LogP contribution in [0.25, 0.3) is 0 Å². The zero-order valence-electron chi connectivity index (χ0n) is 16.6. The molecule has 2 N–H and O–H groups in total. The first kappa shape index (κ1) is 20.1. The largest absolute Gasteiger partial charge is 0.492 e. The van der Waals surface area contributed by atoms with Crippen LogP contribution in [0.4, 0.5) is 11.4 Å². The van der Waals surface area contributed by atoms with Crippen LogP contribution in [0.3, 0.4) is 0 Å². The van der Waals surface area contributed by atoms with Gasteiger partial charge in [0.1, 0.15) is 5.75 Å². The van der Waals surface area contributed by atoms with Crippen molar-refractivity contribution in [3.05, 3.63) is 53.6 Å². The zero-order chi connectivity index (χ0) is 19.8. The second-order valence-electron chi connectivity index (χ2n) is 6.73. The van der Waals surface area contributed by atoms with Gasteiger partial charge < -0.3 is 15.0 Å². The van der Waals surface area contributed by atoms with Crippen molar-refractivity contribution in [1.29, 1.82) is 0 Å². The lowest BCUT2D eigenvalue weighted by atomic mass is 9.99. The molecule has 2 aromatic rings. The molecule has 0 bridgehead atoms. The van der Waals surface area contributed by atoms with Crippen molar-refractivity contribution in [3.63, 3.8) is 0 Å². The molecule has 5 nitrogen and oxygen atoms in total. The highest BCUT2D eigenvalue weighted by molar-refractivity contribution is 7.80. The van der Waals surface area contributed by atoms with E-state index in [1.165, 1.54) is 24.1 Å². The molecule has 0 radical (unpaired) electrons. The van der Waals surface area contributed by atoms with Crippen molar-refractivity contribution in [2.75, 3.05) is 29.9 Å². The number of aryl methyl sites for hydroxylation is 1. The Morgan fingerprint density at radius 2 is 2.11 bits per heavy atom. The Labute approximate surface area is 172 Å². The van der Waals surface area contributed by atoms with Crippen LogP contribution >= 0.6 is 12.2 Å². The smallest absolute Gasteiger partial charge is 0.191 e. The summed E-state index contributed by atoms with van der Waals surface area (Å²) in [7, 11) is 0.